The summed E-state index contributed by atoms with van der Waals surface area (Å²) in [5.41, 5.74) is 2.08. The van der Waals surface area contributed by atoms with Gasteiger partial charge >= 0.3 is 0 Å². The van der Waals surface area contributed by atoms with Crippen LogP contribution in [0.2, 0.25) is 0 Å². The molecule has 0 saturated carbocycles. The predicted molar refractivity (Wildman–Crippen MR) is 80.9 cm³/mol. The molecule has 0 fully saturated rings. The maximum atomic E-state index is 3.69. The summed E-state index contributed by atoms with van der Waals surface area (Å²) >= 11 is 0. The lowest BCUT2D eigenvalue weighted by atomic mass is 9.90. The van der Waals surface area contributed by atoms with Gasteiger partial charge in [0.2, 0.25) is 0 Å². The van der Waals surface area contributed by atoms with E-state index < -0.39 is 0 Å². The highest BCUT2D eigenvalue weighted by molar-refractivity contribution is 5.15. The number of hydrogen-bond acceptors (Lipinski definition) is 1. The largest absolute Gasteiger partial charge is 0.312 e. The van der Waals surface area contributed by atoms with E-state index in [1.807, 2.05) is 0 Å². The van der Waals surface area contributed by atoms with Crippen LogP contribution < -0.4 is 5.32 Å². The first kappa shape index (κ1) is 15.2. The highest BCUT2D eigenvalue weighted by Crippen LogP contribution is 2.19. The zero-order chi connectivity index (χ0) is 13.6. The van der Waals surface area contributed by atoms with E-state index in [0.717, 1.165) is 13.0 Å². The molecule has 0 heterocycles. The fourth-order valence-electron chi connectivity index (χ4n) is 1.97. The minimum atomic E-state index is 0.223. The van der Waals surface area contributed by atoms with Gasteiger partial charge in [0.15, 0.2) is 0 Å². The van der Waals surface area contributed by atoms with Gasteiger partial charge in [0.05, 0.1) is 0 Å². The molecule has 18 heavy (non-hydrogen) atoms. The van der Waals surface area contributed by atoms with Gasteiger partial charge in [-0.2, -0.15) is 0 Å². The Morgan fingerprint density at radius 3 is 2.06 bits per heavy atom. The fraction of sp³-hybridized carbons (Fsp3) is 0.647. The normalized spacial score (nSPS) is 12.7. The van der Waals surface area contributed by atoms with Crippen molar-refractivity contribution in [2.45, 2.75) is 59.4 Å². The van der Waals surface area contributed by atoms with Gasteiger partial charge in [-0.05, 0) is 50.6 Å². The molecule has 0 spiro atoms. The Hall–Kier alpha value is -0.820. The van der Waals surface area contributed by atoms with Gasteiger partial charge in [-0.3, -0.25) is 0 Å². The lowest BCUT2D eigenvalue weighted by Crippen LogP contribution is -2.41. The molecule has 102 valence electrons. The van der Waals surface area contributed by atoms with Crippen LogP contribution in [0.5, 0.6) is 0 Å². The van der Waals surface area contributed by atoms with Crippen LogP contribution in [-0.2, 0) is 6.42 Å². The first-order chi connectivity index (χ1) is 8.29. The summed E-state index contributed by atoms with van der Waals surface area (Å²) in [6.45, 7) is 12.6. The SMILES string of the molecule is CC(C)(C)CCNC(C)(C)CCc1ccccc1. The third kappa shape index (κ3) is 6.80. The van der Waals surface area contributed by atoms with E-state index in [1.165, 1.54) is 18.4 Å². The van der Waals surface area contributed by atoms with Crippen molar-refractivity contribution >= 4 is 0 Å². The zero-order valence-corrected chi connectivity index (χ0v) is 12.7. The monoisotopic (exact) mass is 247 g/mol. The van der Waals surface area contributed by atoms with Crippen molar-refractivity contribution in [2.24, 2.45) is 5.41 Å². The van der Waals surface area contributed by atoms with Gasteiger partial charge < -0.3 is 5.32 Å². The first-order valence-corrected chi connectivity index (χ1v) is 7.07. The molecule has 1 heteroatoms. The Balaban J connectivity index is 2.31. The molecule has 0 aromatic heterocycles. The van der Waals surface area contributed by atoms with Crippen molar-refractivity contribution in [1.29, 1.82) is 0 Å². The molecule has 0 unspecified atom stereocenters. The topological polar surface area (TPSA) is 12.0 Å². The number of hydrogen-bond donors (Lipinski definition) is 1. The molecule has 0 saturated heterocycles. The minimum Gasteiger partial charge on any atom is -0.312 e. The molecule has 0 bridgehead atoms. The molecule has 0 radical (unpaired) electrons. The maximum Gasteiger partial charge on any atom is 0.0128 e. The standard InChI is InChI=1S/C17H29N/c1-16(2,3)13-14-18-17(4,5)12-11-15-9-7-6-8-10-15/h6-10,18H,11-14H2,1-5H3. The van der Waals surface area contributed by atoms with E-state index in [1.54, 1.807) is 0 Å². The number of rotatable bonds is 6. The average Bonchev–Trinajstić information content (AvgIpc) is 2.26. The number of aryl methyl sites for hydroxylation is 1. The molecule has 0 amide bonds. The summed E-state index contributed by atoms with van der Waals surface area (Å²) in [7, 11) is 0. The maximum absolute atomic E-state index is 3.69. The Labute approximate surface area is 113 Å². The van der Waals surface area contributed by atoms with Gasteiger partial charge in [-0.25, -0.2) is 0 Å². The second-order valence-corrected chi connectivity index (χ2v) is 7.11. The molecule has 1 N–H and O–H groups in total. The van der Waals surface area contributed by atoms with Gasteiger partial charge in [0, 0.05) is 5.54 Å². The van der Waals surface area contributed by atoms with Gasteiger partial charge in [0.1, 0.15) is 0 Å². The van der Waals surface area contributed by atoms with Crippen LogP contribution in [0.3, 0.4) is 0 Å². The smallest absolute Gasteiger partial charge is 0.0128 e. The van der Waals surface area contributed by atoms with Crippen molar-refractivity contribution in [2.75, 3.05) is 6.54 Å². The molecule has 0 aliphatic carbocycles. The van der Waals surface area contributed by atoms with Crippen molar-refractivity contribution in [3.05, 3.63) is 35.9 Å². The minimum absolute atomic E-state index is 0.223. The summed E-state index contributed by atoms with van der Waals surface area (Å²) in [4.78, 5) is 0. The quantitative estimate of drug-likeness (QED) is 0.784. The lowest BCUT2D eigenvalue weighted by Gasteiger charge is -2.28. The number of nitrogens with one attached hydrogen (secondary N) is 1. The Morgan fingerprint density at radius 1 is 0.889 bits per heavy atom. The van der Waals surface area contributed by atoms with Crippen LogP contribution in [0.4, 0.5) is 0 Å². The third-order valence-corrected chi connectivity index (χ3v) is 3.36. The van der Waals surface area contributed by atoms with E-state index >= 15 is 0 Å². The molecule has 0 aliphatic heterocycles. The van der Waals surface area contributed by atoms with Gasteiger partial charge in [-0.1, -0.05) is 51.1 Å². The molecule has 1 rings (SSSR count). The lowest BCUT2D eigenvalue weighted by molar-refractivity contribution is 0.308. The van der Waals surface area contributed by atoms with Gasteiger partial charge in [-0.15, -0.1) is 0 Å². The average molecular weight is 247 g/mol. The molecular formula is C17H29N. The summed E-state index contributed by atoms with van der Waals surface area (Å²) < 4.78 is 0. The molecule has 1 aromatic rings. The molecule has 0 atom stereocenters. The summed E-state index contributed by atoms with van der Waals surface area (Å²) in [6.07, 6.45) is 3.55. The summed E-state index contributed by atoms with van der Waals surface area (Å²) in [6, 6.07) is 10.7. The van der Waals surface area contributed by atoms with Crippen LogP contribution in [0.1, 0.15) is 53.0 Å². The Morgan fingerprint density at radius 2 is 1.50 bits per heavy atom. The second-order valence-electron chi connectivity index (χ2n) is 7.11. The second kappa shape index (κ2) is 6.38. The van der Waals surface area contributed by atoms with E-state index in [2.05, 4.69) is 70.3 Å². The Kier molecular flexibility index (Phi) is 5.40. The van der Waals surface area contributed by atoms with Crippen molar-refractivity contribution in [3.63, 3.8) is 0 Å². The van der Waals surface area contributed by atoms with Crippen LogP contribution >= 0.6 is 0 Å². The zero-order valence-electron chi connectivity index (χ0n) is 12.7. The molecule has 0 aliphatic rings. The van der Waals surface area contributed by atoms with Crippen LogP contribution in [0, 0.1) is 5.41 Å². The van der Waals surface area contributed by atoms with E-state index in [9.17, 15) is 0 Å². The molecular weight excluding hydrogens is 218 g/mol. The molecule has 1 nitrogen and oxygen atoms in total. The van der Waals surface area contributed by atoms with Crippen LogP contribution in [0.25, 0.3) is 0 Å². The third-order valence-electron chi connectivity index (χ3n) is 3.36. The summed E-state index contributed by atoms with van der Waals surface area (Å²) in [5, 5.41) is 3.69. The highest BCUT2D eigenvalue weighted by Gasteiger charge is 2.18. The van der Waals surface area contributed by atoms with Crippen LogP contribution in [-0.4, -0.2) is 12.1 Å². The summed E-state index contributed by atoms with van der Waals surface area (Å²) in [5.74, 6) is 0. The van der Waals surface area contributed by atoms with E-state index in [-0.39, 0.29) is 5.54 Å². The van der Waals surface area contributed by atoms with Crippen molar-refractivity contribution in [3.8, 4) is 0 Å². The van der Waals surface area contributed by atoms with E-state index in [0.29, 0.717) is 5.41 Å². The molecule has 1 aromatic carbocycles. The van der Waals surface area contributed by atoms with Crippen LogP contribution in [0.15, 0.2) is 30.3 Å². The van der Waals surface area contributed by atoms with E-state index in [4.69, 9.17) is 0 Å². The Bertz CT molecular complexity index is 332. The first-order valence-electron chi connectivity index (χ1n) is 7.07. The van der Waals surface area contributed by atoms with Crippen molar-refractivity contribution < 1.29 is 0 Å². The van der Waals surface area contributed by atoms with Gasteiger partial charge in [0.25, 0.3) is 0 Å². The van der Waals surface area contributed by atoms with Crippen molar-refractivity contribution in [1.82, 2.24) is 5.32 Å². The fourth-order valence-corrected chi connectivity index (χ4v) is 1.97. The number of benzene rings is 1. The highest BCUT2D eigenvalue weighted by atomic mass is 14.9. The predicted octanol–water partition coefficient (Wildman–Crippen LogP) is 4.42.